The first kappa shape index (κ1) is 23.2. The Bertz CT molecular complexity index is 1170. The van der Waals surface area contributed by atoms with E-state index in [1.54, 1.807) is 19.2 Å². The number of hydrogen-bond donors (Lipinski definition) is 2. The number of ether oxygens (including phenoxy) is 1. The SMILES string of the molecule is CCOC1CC(C(=O)NCC(F)(F)F)N(c2nc(-c3c[nH]c4ncc(Cl)cc34)ncc2F)C1. The zero-order chi connectivity index (χ0) is 23.8. The van der Waals surface area contributed by atoms with Gasteiger partial charge in [0.05, 0.1) is 17.3 Å². The van der Waals surface area contributed by atoms with E-state index in [0.29, 0.717) is 28.2 Å². The van der Waals surface area contributed by atoms with Gasteiger partial charge in [-0.25, -0.2) is 19.3 Å². The molecule has 2 atom stereocenters. The lowest BCUT2D eigenvalue weighted by Crippen LogP contribution is -2.46. The van der Waals surface area contributed by atoms with Gasteiger partial charge in [0.1, 0.15) is 18.2 Å². The summed E-state index contributed by atoms with van der Waals surface area (Å²) in [5, 5.41) is 2.85. The number of pyridine rings is 1. The molecular formula is C20H19ClF4N6O2. The van der Waals surface area contributed by atoms with Gasteiger partial charge in [-0.2, -0.15) is 13.2 Å². The lowest BCUT2D eigenvalue weighted by Gasteiger charge is -2.25. The van der Waals surface area contributed by atoms with E-state index in [2.05, 4.69) is 19.9 Å². The number of nitrogens with zero attached hydrogens (tertiary/aromatic N) is 4. The largest absolute Gasteiger partial charge is 0.405 e. The van der Waals surface area contributed by atoms with Gasteiger partial charge < -0.3 is 19.9 Å². The van der Waals surface area contributed by atoms with Crippen molar-refractivity contribution in [2.75, 3.05) is 24.6 Å². The van der Waals surface area contributed by atoms with Crippen LogP contribution in [0.25, 0.3) is 22.4 Å². The number of aromatic amines is 1. The molecule has 1 fully saturated rings. The molecule has 0 aliphatic carbocycles. The molecule has 0 aromatic carbocycles. The number of aromatic nitrogens is 4. The Labute approximate surface area is 190 Å². The van der Waals surface area contributed by atoms with E-state index < -0.39 is 36.6 Å². The molecule has 4 heterocycles. The van der Waals surface area contributed by atoms with Gasteiger partial charge in [-0.05, 0) is 13.0 Å². The molecule has 0 radical (unpaired) electrons. The highest BCUT2D eigenvalue weighted by Gasteiger charge is 2.40. The van der Waals surface area contributed by atoms with Crippen LogP contribution in [-0.2, 0) is 9.53 Å². The first-order valence-electron chi connectivity index (χ1n) is 10.0. The van der Waals surface area contributed by atoms with Crippen molar-refractivity contribution in [3.63, 3.8) is 0 Å². The molecule has 0 spiro atoms. The molecule has 176 valence electrons. The molecular weight excluding hydrogens is 468 g/mol. The number of halogens is 5. The summed E-state index contributed by atoms with van der Waals surface area (Å²) in [5.41, 5.74) is 1.02. The topological polar surface area (TPSA) is 96.0 Å². The van der Waals surface area contributed by atoms with Crippen molar-refractivity contribution >= 4 is 34.4 Å². The van der Waals surface area contributed by atoms with Crippen LogP contribution in [0.15, 0.2) is 24.7 Å². The maximum atomic E-state index is 14.8. The Kier molecular flexibility index (Phi) is 6.39. The normalized spacial score (nSPS) is 18.8. The van der Waals surface area contributed by atoms with Gasteiger partial charge >= 0.3 is 6.18 Å². The fourth-order valence-corrected chi connectivity index (χ4v) is 3.95. The lowest BCUT2D eigenvalue weighted by atomic mass is 10.2. The number of H-pyrrole nitrogens is 1. The average Bonchev–Trinajstić information content (AvgIpc) is 3.36. The van der Waals surface area contributed by atoms with Gasteiger partial charge in [-0.1, -0.05) is 11.6 Å². The fraction of sp³-hybridized carbons (Fsp3) is 0.400. The monoisotopic (exact) mass is 486 g/mol. The van der Waals surface area contributed by atoms with Crippen LogP contribution in [-0.4, -0.2) is 63.9 Å². The molecule has 2 unspecified atom stereocenters. The second-order valence-corrected chi connectivity index (χ2v) is 7.87. The van der Waals surface area contributed by atoms with E-state index in [-0.39, 0.29) is 24.6 Å². The minimum absolute atomic E-state index is 0.0760. The standard InChI is InChI=1S/C20H19ClF4N6O2/c1-2-33-11-4-15(19(32)29-9-20(23,24)25)31(8-11)18-14(22)7-28-17(30-18)13-6-27-16-12(13)3-10(21)5-26-16/h3,5-7,11,15H,2,4,8-9H2,1H3,(H,26,27)(H,29,32). The Balaban J connectivity index is 1.69. The first-order valence-corrected chi connectivity index (χ1v) is 10.4. The predicted molar refractivity (Wildman–Crippen MR) is 112 cm³/mol. The molecule has 1 saturated heterocycles. The number of nitrogens with one attached hydrogen (secondary N) is 2. The molecule has 1 aliphatic heterocycles. The van der Waals surface area contributed by atoms with Crippen LogP contribution < -0.4 is 10.2 Å². The third kappa shape index (κ3) is 5.01. The molecule has 2 N–H and O–H groups in total. The van der Waals surface area contributed by atoms with Crippen LogP contribution >= 0.6 is 11.6 Å². The number of carbonyl (C=O) groups excluding carboxylic acids is 1. The third-order valence-corrected chi connectivity index (χ3v) is 5.37. The molecule has 13 heteroatoms. The maximum Gasteiger partial charge on any atom is 0.405 e. The number of rotatable bonds is 6. The number of alkyl halides is 3. The molecule has 8 nitrogen and oxygen atoms in total. The highest BCUT2D eigenvalue weighted by molar-refractivity contribution is 6.31. The van der Waals surface area contributed by atoms with Gasteiger partial charge in [-0.3, -0.25) is 4.79 Å². The lowest BCUT2D eigenvalue weighted by molar-refractivity contribution is -0.139. The average molecular weight is 487 g/mol. The van der Waals surface area contributed by atoms with Crippen LogP contribution in [0.4, 0.5) is 23.4 Å². The second-order valence-electron chi connectivity index (χ2n) is 7.43. The van der Waals surface area contributed by atoms with E-state index in [0.717, 1.165) is 6.20 Å². The van der Waals surface area contributed by atoms with Crippen LogP contribution in [0, 0.1) is 5.82 Å². The van der Waals surface area contributed by atoms with Gasteiger partial charge in [0.2, 0.25) is 5.91 Å². The summed E-state index contributed by atoms with van der Waals surface area (Å²) in [6.45, 7) is 0.666. The van der Waals surface area contributed by atoms with Crippen molar-refractivity contribution in [1.82, 2.24) is 25.3 Å². The molecule has 33 heavy (non-hydrogen) atoms. The Morgan fingerprint density at radius 2 is 2.15 bits per heavy atom. The zero-order valence-corrected chi connectivity index (χ0v) is 18.0. The molecule has 0 bridgehead atoms. The van der Waals surface area contributed by atoms with Crippen LogP contribution in [0.3, 0.4) is 0 Å². The highest BCUT2D eigenvalue weighted by Crippen LogP contribution is 2.32. The summed E-state index contributed by atoms with van der Waals surface area (Å²) in [7, 11) is 0. The Hall–Kier alpha value is -2.99. The van der Waals surface area contributed by atoms with Gasteiger partial charge in [0, 0.05) is 42.9 Å². The summed E-state index contributed by atoms with van der Waals surface area (Å²) < 4.78 is 58.2. The van der Waals surface area contributed by atoms with Gasteiger partial charge in [0.25, 0.3) is 0 Å². The number of carbonyl (C=O) groups is 1. The van der Waals surface area contributed by atoms with E-state index >= 15 is 0 Å². The smallest absolute Gasteiger partial charge is 0.377 e. The van der Waals surface area contributed by atoms with Crippen LogP contribution in [0.1, 0.15) is 13.3 Å². The van der Waals surface area contributed by atoms with Crippen LogP contribution in [0.5, 0.6) is 0 Å². The van der Waals surface area contributed by atoms with Crippen LogP contribution in [0.2, 0.25) is 5.02 Å². The number of anilines is 1. The van der Waals surface area contributed by atoms with Crippen molar-refractivity contribution in [2.24, 2.45) is 0 Å². The van der Waals surface area contributed by atoms with Gasteiger partial charge in [0.15, 0.2) is 17.5 Å². The summed E-state index contributed by atoms with van der Waals surface area (Å²) in [5.74, 6) is -1.78. The van der Waals surface area contributed by atoms with E-state index in [9.17, 15) is 22.4 Å². The molecule has 0 saturated carbocycles. The van der Waals surface area contributed by atoms with Crippen molar-refractivity contribution in [3.8, 4) is 11.4 Å². The predicted octanol–water partition coefficient (Wildman–Crippen LogP) is 3.47. The second kappa shape index (κ2) is 9.10. The molecule has 4 rings (SSSR count). The van der Waals surface area contributed by atoms with E-state index in [1.165, 1.54) is 11.1 Å². The fourth-order valence-electron chi connectivity index (χ4n) is 3.79. The molecule has 3 aromatic heterocycles. The van der Waals surface area contributed by atoms with Gasteiger partial charge in [-0.15, -0.1) is 0 Å². The number of amides is 1. The maximum absolute atomic E-state index is 14.8. The quantitative estimate of drug-likeness (QED) is 0.518. The third-order valence-electron chi connectivity index (χ3n) is 5.17. The number of fused-ring (bicyclic) bond motifs is 1. The Morgan fingerprint density at radius 3 is 2.88 bits per heavy atom. The van der Waals surface area contributed by atoms with E-state index in [1.807, 2.05) is 5.32 Å². The van der Waals surface area contributed by atoms with E-state index in [4.69, 9.17) is 16.3 Å². The minimum Gasteiger partial charge on any atom is -0.377 e. The highest BCUT2D eigenvalue weighted by atomic mass is 35.5. The van der Waals surface area contributed by atoms with Crippen molar-refractivity contribution < 1.29 is 27.1 Å². The summed E-state index contributed by atoms with van der Waals surface area (Å²) in [6.07, 6.45) is -0.966. The number of hydrogen-bond acceptors (Lipinski definition) is 6. The summed E-state index contributed by atoms with van der Waals surface area (Å²) >= 11 is 6.03. The first-order chi connectivity index (χ1) is 15.7. The van der Waals surface area contributed by atoms with Crippen molar-refractivity contribution in [3.05, 3.63) is 35.5 Å². The summed E-state index contributed by atoms with van der Waals surface area (Å²) in [4.78, 5) is 29.3. The molecule has 1 amide bonds. The van der Waals surface area contributed by atoms with Crippen molar-refractivity contribution in [1.29, 1.82) is 0 Å². The van der Waals surface area contributed by atoms with Crippen molar-refractivity contribution in [2.45, 2.75) is 31.7 Å². The Morgan fingerprint density at radius 1 is 1.36 bits per heavy atom. The molecule has 3 aromatic rings. The minimum atomic E-state index is -4.57. The molecule has 1 aliphatic rings. The zero-order valence-electron chi connectivity index (χ0n) is 17.3. The summed E-state index contributed by atoms with van der Waals surface area (Å²) in [6, 6.07) is 0.552.